The van der Waals surface area contributed by atoms with Crippen LogP contribution in [0.4, 0.5) is 4.39 Å². The molecule has 3 rings (SSSR count). The molecule has 1 saturated heterocycles. The lowest BCUT2D eigenvalue weighted by atomic mass is 10.1. The van der Waals surface area contributed by atoms with Gasteiger partial charge < -0.3 is 19.5 Å². The first-order valence-corrected chi connectivity index (χ1v) is 8.34. The van der Waals surface area contributed by atoms with Crippen molar-refractivity contribution in [2.24, 2.45) is 4.99 Å². The summed E-state index contributed by atoms with van der Waals surface area (Å²) < 4.78 is 24.4. The second-order valence-corrected chi connectivity index (χ2v) is 6.23. The zero-order chi connectivity index (χ0) is 17.8. The molecule has 26 heavy (non-hydrogen) atoms. The van der Waals surface area contributed by atoms with E-state index in [1.165, 1.54) is 12.1 Å². The molecule has 6 nitrogen and oxygen atoms in total. The topological polar surface area (TPSA) is 62.9 Å². The van der Waals surface area contributed by atoms with Gasteiger partial charge in [0, 0.05) is 19.7 Å². The molecule has 1 aromatic carbocycles. The highest BCUT2D eigenvalue weighted by Crippen LogP contribution is 2.25. The molecule has 1 aromatic heterocycles. The van der Waals surface area contributed by atoms with E-state index in [0.717, 1.165) is 29.5 Å². The summed E-state index contributed by atoms with van der Waals surface area (Å²) >= 11 is 0. The number of ether oxygens (including phenoxy) is 1. The third kappa shape index (κ3) is 5.16. The van der Waals surface area contributed by atoms with Gasteiger partial charge in [-0.05, 0) is 31.5 Å². The maximum absolute atomic E-state index is 13.2. The zero-order valence-electron chi connectivity index (χ0n) is 15.1. The normalized spacial score (nSPS) is 20.6. The summed E-state index contributed by atoms with van der Waals surface area (Å²) in [5.41, 5.74) is 1.81. The highest BCUT2D eigenvalue weighted by molar-refractivity contribution is 14.0. The van der Waals surface area contributed by atoms with Gasteiger partial charge in [0.2, 0.25) is 0 Å². The fourth-order valence-electron chi connectivity index (χ4n) is 2.98. The molecule has 0 aliphatic carbocycles. The van der Waals surface area contributed by atoms with Crippen molar-refractivity contribution < 1.29 is 13.7 Å². The number of morpholine rings is 1. The molecule has 142 valence electrons. The highest BCUT2D eigenvalue weighted by atomic mass is 127. The predicted molar refractivity (Wildman–Crippen MR) is 108 cm³/mol. The van der Waals surface area contributed by atoms with Crippen LogP contribution in [0.5, 0.6) is 0 Å². The Balaban J connectivity index is 0.00000243. The maximum Gasteiger partial charge on any atom is 0.194 e. The lowest BCUT2D eigenvalue weighted by Gasteiger charge is -2.38. The van der Waals surface area contributed by atoms with Gasteiger partial charge in [-0.2, -0.15) is 0 Å². The number of hydrogen-bond donors (Lipinski definition) is 1. The van der Waals surface area contributed by atoms with Crippen LogP contribution >= 0.6 is 24.0 Å². The first kappa shape index (κ1) is 20.6. The lowest BCUT2D eigenvalue weighted by molar-refractivity contribution is -0.0605. The predicted octanol–water partition coefficient (Wildman–Crippen LogP) is 3.28. The van der Waals surface area contributed by atoms with Crippen molar-refractivity contribution in [1.29, 1.82) is 0 Å². The minimum absolute atomic E-state index is 0. The monoisotopic (exact) mass is 474 g/mol. The van der Waals surface area contributed by atoms with E-state index in [2.05, 4.69) is 20.4 Å². The summed E-state index contributed by atoms with van der Waals surface area (Å²) in [7, 11) is 1.75. The summed E-state index contributed by atoms with van der Waals surface area (Å²) in [4.78, 5) is 6.51. The molecule has 0 spiro atoms. The van der Waals surface area contributed by atoms with Crippen LogP contribution in [0.15, 0.2) is 39.8 Å². The molecule has 1 fully saturated rings. The van der Waals surface area contributed by atoms with Gasteiger partial charge in [0.05, 0.1) is 24.9 Å². The summed E-state index contributed by atoms with van der Waals surface area (Å²) in [5.74, 6) is 1.29. The van der Waals surface area contributed by atoms with E-state index in [4.69, 9.17) is 9.26 Å². The number of benzene rings is 1. The molecule has 2 unspecified atom stereocenters. The van der Waals surface area contributed by atoms with Crippen LogP contribution in [0.2, 0.25) is 0 Å². The fraction of sp³-hybridized carbons (Fsp3) is 0.444. The van der Waals surface area contributed by atoms with E-state index in [-0.39, 0.29) is 42.0 Å². The second kappa shape index (κ2) is 9.31. The van der Waals surface area contributed by atoms with E-state index >= 15 is 0 Å². The van der Waals surface area contributed by atoms with E-state index in [1.807, 2.05) is 19.9 Å². The largest absolute Gasteiger partial charge is 0.367 e. The molecule has 0 saturated carbocycles. The van der Waals surface area contributed by atoms with Crippen LogP contribution in [-0.2, 0) is 11.3 Å². The number of halogens is 2. The van der Waals surface area contributed by atoms with Crippen LogP contribution in [0.1, 0.15) is 30.0 Å². The van der Waals surface area contributed by atoms with Crippen molar-refractivity contribution in [3.05, 3.63) is 53.2 Å². The number of aromatic nitrogens is 1. The van der Waals surface area contributed by atoms with Gasteiger partial charge in [0.15, 0.2) is 11.7 Å². The second-order valence-electron chi connectivity index (χ2n) is 6.23. The van der Waals surface area contributed by atoms with Gasteiger partial charge >= 0.3 is 0 Å². The van der Waals surface area contributed by atoms with E-state index in [1.54, 1.807) is 19.2 Å². The molecule has 0 amide bonds. The molecular weight excluding hydrogens is 450 g/mol. The van der Waals surface area contributed by atoms with Crippen molar-refractivity contribution in [3.8, 4) is 0 Å². The fourth-order valence-corrected chi connectivity index (χ4v) is 2.98. The number of hydrogen-bond acceptors (Lipinski definition) is 4. The Morgan fingerprint density at radius 3 is 2.69 bits per heavy atom. The molecule has 2 atom stereocenters. The summed E-state index contributed by atoms with van der Waals surface area (Å²) in [6.07, 6.45) is -0.0923. The van der Waals surface area contributed by atoms with Gasteiger partial charge in [0.25, 0.3) is 0 Å². The minimum Gasteiger partial charge on any atom is -0.367 e. The van der Waals surface area contributed by atoms with Crippen molar-refractivity contribution >= 4 is 29.9 Å². The maximum atomic E-state index is 13.2. The summed E-state index contributed by atoms with van der Waals surface area (Å²) in [6.45, 7) is 5.80. The Morgan fingerprint density at radius 1 is 1.35 bits per heavy atom. The molecular formula is C18H24FIN4O2. The molecule has 2 aromatic rings. The third-order valence-corrected chi connectivity index (χ3v) is 4.11. The smallest absolute Gasteiger partial charge is 0.194 e. The van der Waals surface area contributed by atoms with Crippen molar-refractivity contribution in [2.75, 3.05) is 20.1 Å². The number of aliphatic imine (C=N–C) groups is 1. The van der Waals surface area contributed by atoms with Crippen LogP contribution in [0.25, 0.3) is 0 Å². The van der Waals surface area contributed by atoms with E-state index < -0.39 is 0 Å². The average molecular weight is 474 g/mol. The zero-order valence-corrected chi connectivity index (χ0v) is 17.4. The van der Waals surface area contributed by atoms with Gasteiger partial charge in [-0.1, -0.05) is 17.3 Å². The van der Waals surface area contributed by atoms with Gasteiger partial charge in [-0.15, -0.1) is 24.0 Å². The van der Waals surface area contributed by atoms with Crippen LogP contribution < -0.4 is 5.32 Å². The number of nitrogens with one attached hydrogen (secondary N) is 1. The molecule has 2 heterocycles. The SMILES string of the molecule is CN=C(NCc1cc(C)no1)N1CC(C)OC(c2ccc(F)cc2)C1.I. The van der Waals surface area contributed by atoms with Gasteiger partial charge in [-0.25, -0.2) is 4.39 Å². The Morgan fingerprint density at radius 2 is 2.08 bits per heavy atom. The van der Waals surface area contributed by atoms with Gasteiger partial charge in [0.1, 0.15) is 11.9 Å². The molecule has 0 radical (unpaired) electrons. The van der Waals surface area contributed by atoms with Crippen LogP contribution in [-0.4, -0.2) is 42.3 Å². The molecule has 8 heteroatoms. The Bertz CT molecular complexity index is 735. The molecule has 0 bridgehead atoms. The van der Waals surface area contributed by atoms with Crippen molar-refractivity contribution in [3.63, 3.8) is 0 Å². The lowest BCUT2D eigenvalue weighted by Crippen LogP contribution is -2.50. The molecule has 1 aliphatic rings. The van der Waals surface area contributed by atoms with Crippen molar-refractivity contribution in [2.45, 2.75) is 32.6 Å². The third-order valence-electron chi connectivity index (χ3n) is 4.11. The first-order chi connectivity index (χ1) is 12.0. The first-order valence-electron chi connectivity index (χ1n) is 8.34. The number of nitrogens with zero attached hydrogens (tertiary/aromatic N) is 3. The molecule has 1 N–H and O–H groups in total. The Kier molecular flexibility index (Phi) is 7.39. The number of guanidine groups is 1. The standard InChI is InChI=1S/C18H23FN4O2.HI/c1-12-8-16(25-22-12)9-21-18(20-3)23-10-13(2)24-17(11-23)14-4-6-15(19)7-5-14;/h4-8,13,17H,9-11H2,1-3H3,(H,20,21);1H. The van der Waals surface area contributed by atoms with Crippen LogP contribution in [0.3, 0.4) is 0 Å². The minimum atomic E-state index is -0.246. The number of rotatable bonds is 3. The Labute approximate surface area is 169 Å². The summed E-state index contributed by atoms with van der Waals surface area (Å²) in [6, 6.07) is 8.35. The highest BCUT2D eigenvalue weighted by Gasteiger charge is 2.28. The van der Waals surface area contributed by atoms with E-state index in [9.17, 15) is 4.39 Å². The van der Waals surface area contributed by atoms with Crippen molar-refractivity contribution in [1.82, 2.24) is 15.4 Å². The van der Waals surface area contributed by atoms with Crippen LogP contribution in [0, 0.1) is 12.7 Å². The average Bonchev–Trinajstić information content (AvgIpc) is 3.01. The van der Waals surface area contributed by atoms with Gasteiger partial charge in [-0.3, -0.25) is 4.99 Å². The molecule has 1 aliphatic heterocycles. The Hall–Kier alpha value is -1.68. The number of aryl methyl sites for hydroxylation is 1. The quantitative estimate of drug-likeness (QED) is 0.421. The summed E-state index contributed by atoms with van der Waals surface area (Å²) in [5, 5.41) is 7.18. The van der Waals surface area contributed by atoms with E-state index in [0.29, 0.717) is 13.1 Å².